The highest BCUT2D eigenvalue weighted by Crippen LogP contribution is 2.31. The Morgan fingerprint density at radius 1 is 0.889 bits per heavy atom. The number of nitro benzene ring substituents is 1. The van der Waals surface area contributed by atoms with Crippen molar-refractivity contribution in [3.8, 4) is 0 Å². The van der Waals surface area contributed by atoms with Gasteiger partial charge in [0.15, 0.2) is 5.78 Å². The molecule has 2 aliphatic rings. The minimum atomic E-state index is -1.08. The number of allylic oxidation sites excluding steroid dienone is 2. The number of non-ortho nitro benzene ring substituents is 1. The SMILES string of the molecule is C1CNCCN1.C[C@@]1(C(=O)O)C=CC=C(C(=O)O)C1.O=C(c1ccccc1)c1ccc([N+](=O)[O-])cc1. The van der Waals surface area contributed by atoms with E-state index in [0.717, 1.165) is 26.2 Å². The molecule has 0 saturated carbocycles. The second-order valence-electron chi connectivity index (χ2n) is 8.25. The van der Waals surface area contributed by atoms with Gasteiger partial charge in [0, 0.05) is 55.0 Å². The molecule has 0 amide bonds. The maximum Gasteiger partial charge on any atom is 0.331 e. The zero-order chi connectivity index (χ0) is 26.6. The Kier molecular flexibility index (Phi) is 10.7. The van der Waals surface area contributed by atoms with Crippen LogP contribution < -0.4 is 10.6 Å². The van der Waals surface area contributed by atoms with Gasteiger partial charge >= 0.3 is 11.9 Å². The molecule has 2 aromatic rings. The van der Waals surface area contributed by atoms with Crippen LogP contribution in [-0.4, -0.2) is 59.0 Å². The van der Waals surface area contributed by atoms with E-state index >= 15 is 0 Å². The van der Waals surface area contributed by atoms with Crippen molar-refractivity contribution >= 4 is 23.4 Å². The van der Waals surface area contributed by atoms with E-state index in [1.807, 2.05) is 6.07 Å². The van der Waals surface area contributed by atoms with Gasteiger partial charge in [0.2, 0.25) is 0 Å². The number of hydrogen-bond donors (Lipinski definition) is 4. The number of carboxylic acids is 2. The van der Waals surface area contributed by atoms with E-state index in [0.29, 0.717) is 11.1 Å². The summed E-state index contributed by atoms with van der Waals surface area (Å²) in [5.74, 6) is -2.20. The lowest BCUT2D eigenvalue weighted by Crippen LogP contribution is -2.39. The maximum absolute atomic E-state index is 12.0. The fourth-order valence-electron chi connectivity index (χ4n) is 3.28. The molecule has 2 aromatic carbocycles. The number of piperazine rings is 1. The molecular formula is C26H29N3O7. The molecule has 190 valence electrons. The van der Waals surface area contributed by atoms with E-state index in [-0.39, 0.29) is 23.5 Å². The zero-order valence-electron chi connectivity index (χ0n) is 19.8. The summed E-state index contributed by atoms with van der Waals surface area (Å²) in [6.45, 7) is 6.06. The van der Waals surface area contributed by atoms with Crippen molar-refractivity contribution in [3.05, 3.63) is 99.6 Å². The topological polar surface area (TPSA) is 159 Å². The molecule has 36 heavy (non-hydrogen) atoms. The lowest BCUT2D eigenvalue weighted by Gasteiger charge is -2.23. The molecular weight excluding hydrogens is 466 g/mol. The summed E-state index contributed by atoms with van der Waals surface area (Å²) in [7, 11) is 0. The average Bonchev–Trinajstić information content (AvgIpc) is 2.90. The highest BCUT2D eigenvalue weighted by molar-refractivity contribution is 6.09. The van der Waals surface area contributed by atoms with Crippen molar-refractivity contribution < 1.29 is 29.5 Å². The Morgan fingerprint density at radius 3 is 1.86 bits per heavy atom. The first-order chi connectivity index (χ1) is 17.1. The fraction of sp³-hybridized carbons (Fsp3) is 0.269. The molecule has 1 atom stereocenters. The zero-order valence-corrected chi connectivity index (χ0v) is 19.8. The van der Waals surface area contributed by atoms with Gasteiger partial charge < -0.3 is 20.8 Å². The lowest BCUT2D eigenvalue weighted by molar-refractivity contribution is -0.384. The number of carbonyl (C=O) groups is 3. The maximum atomic E-state index is 12.0. The number of rotatable bonds is 5. The summed E-state index contributed by atoms with van der Waals surface area (Å²) in [5, 5.41) is 34.4. The molecule has 0 unspecified atom stereocenters. The second kappa shape index (κ2) is 13.7. The van der Waals surface area contributed by atoms with Crippen LogP contribution in [0.3, 0.4) is 0 Å². The highest BCUT2D eigenvalue weighted by atomic mass is 16.6. The van der Waals surface area contributed by atoms with E-state index < -0.39 is 22.3 Å². The molecule has 1 aliphatic heterocycles. The molecule has 0 aromatic heterocycles. The third-order valence-corrected chi connectivity index (χ3v) is 5.42. The van der Waals surface area contributed by atoms with E-state index in [2.05, 4.69) is 10.6 Å². The number of nitrogens with one attached hydrogen (secondary N) is 2. The molecule has 0 radical (unpaired) electrons. The Labute approximate surface area is 208 Å². The normalized spacial score (nSPS) is 18.3. The van der Waals surface area contributed by atoms with E-state index in [9.17, 15) is 24.5 Å². The van der Waals surface area contributed by atoms with Gasteiger partial charge in [0.1, 0.15) is 0 Å². The first-order valence-corrected chi connectivity index (χ1v) is 11.2. The van der Waals surface area contributed by atoms with Crippen molar-refractivity contribution in [2.45, 2.75) is 13.3 Å². The summed E-state index contributed by atoms with van der Waals surface area (Å²) in [6, 6.07) is 14.4. The number of carboxylic acid groups (broad SMARTS) is 2. The summed E-state index contributed by atoms with van der Waals surface area (Å²) in [6.07, 6.45) is 4.43. The van der Waals surface area contributed by atoms with E-state index in [4.69, 9.17) is 10.2 Å². The van der Waals surface area contributed by atoms with Crippen molar-refractivity contribution in [1.82, 2.24) is 10.6 Å². The van der Waals surface area contributed by atoms with Crippen LogP contribution in [0.2, 0.25) is 0 Å². The van der Waals surface area contributed by atoms with Crippen LogP contribution in [-0.2, 0) is 9.59 Å². The second-order valence-corrected chi connectivity index (χ2v) is 8.25. The van der Waals surface area contributed by atoms with Gasteiger partial charge in [-0.15, -0.1) is 0 Å². The van der Waals surface area contributed by atoms with Crippen molar-refractivity contribution in [1.29, 1.82) is 0 Å². The van der Waals surface area contributed by atoms with Gasteiger partial charge in [-0.3, -0.25) is 19.7 Å². The van der Waals surface area contributed by atoms with Gasteiger partial charge in [-0.2, -0.15) is 0 Å². The summed E-state index contributed by atoms with van der Waals surface area (Å²) >= 11 is 0. The Balaban J connectivity index is 0.000000211. The smallest absolute Gasteiger partial charge is 0.331 e. The van der Waals surface area contributed by atoms with Crippen molar-refractivity contribution in [2.75, 3.05) is 26.2 Å². The van der Waals surface area contributed by atoms with E-state index in [1.165, 1.54) is 49.4 Å². The van der Waals surface area contributed by atoms with Gasteiger partial charge in [-0.05, 0) is 25.5 Å². The van der Waals surface area contributed by atoms with Crippen LogP contribution in [0.5, 0.6) is 0 Å². The Hall–Kier alpha value is -4.15. The molecule has 0 bridgehead atoms. The van der Waals surface area contributed by atoms with Gasteiger partial charge in [-0.25, -0.2) is 4.79 Å². The molecule has 1 fully saturated rings. The molecule has 10 heteroatoms. The monoisotopic (exact) mass is 495 g/mol. The number of nitrogens with zero attached hydrogens (tertiary/aromatic N) is 1. The Bertz CT molecular complexity index is 1110. The summed E-state index contributed by atoms with van der Waals surface area (Å²) in [4.78, 5) is 43.3. The number of hydrogen-bond acceptors (Lipinski definition) is 7. The van der Waals surface area contributed by atoms with Crippen LogP contribution in [0.4, 0.5) is 5.69 Å². The molecule has 1 aliphatic carbocycles. The van der Waals surface area contributed by atoms with Gasteiger partial charge in [-0.1, -0.05) is 48.6 Å². The van der Waals surface area contributed by atoms with E-state index in [1.54, 1.807) is 24.3 Å². The van der Waals surface area contributed by atoms with Gasteiger partial charge in [0.05, 0.1) is 10.3 Å². The van der Waals surface area contributed by atoms with Crippen LogP contribution in [0, 0.1) is 15.5 Å². The molecule has 4 rings (SSSR count). The fourth-order valence-corrected chi connectivity index (χ4v) is 3.28. The number of nitro groups is 1. The largest absolute Gasteiger partial charge is 0.481 e. The Morgan fingerprint density at radius 2 is 1.42 bits per heavy atom. The van der Waals surface area contributed by atoms with Crippen LogP contribution >= 0.6 is 0 Å². The van der Waals surface area contributed by atoms with Gasteiger partial charge in [0.25, 0.3) is 5.69 Å². The molecule has 10 nitrogen and oxygen atoms in total. The predicted molar refractivity (Wildman–Crippen MR) is 134 cm³/mol. The average molecular weight is 496 g/mol. The number of benzene rings is 2. The number of aliphatic carboxylic acids is 2. The first kappa shape index (κ1) is 28.1. The molecule has 1 saturated heterocycles. The first-order valence-electron chi connectivity index (χ1n) is 11.2. The molecule has 4 N–H and O–H groups in total. The predicted octanol–water partition coefficient (Wildman–Crippen LogP) is 3.05. The summed E-state index contributed by atoms with van der Waals surface area (Å²) < 4.78 is 0. The van der Waals surface area contributed by atoms with Crippen molar-refractivity contribution in [3.63, 3.8) is 0 Å². The molecule has 1 heterocycles. The number of carbonyl (C=O) groups excluding carboxylic acids is 1. The highest BCUT2D eigenvalue weighted by Gasteiger charge is 2.34. The number of ketones is 1. The van der Waals surface area contributed by atoms with Crippen LogP contribution in [0.1, 0.15) is 29.3 Å². The lowest BCUT2D eigenvalue weighted by atomic mass is 9.80. The minimum absolute atomic E-state index is 0.0189. The third kappa shape index (κ3) is 8.57. The quantitative estimate of drug-likeness (QED) is 0.278. The van der Waals surface area contributed by atoms with Crippen LogP contribution in [0.15, 0.2) is 78.4 Å². The standard InChI is InChI=1S/C13H9NO3.C9H10O4.C4H10N2/c15-13(10-4-2-1-3-5-10)11-6-8-12(9-7-11)14(16)17;1-9(8(12)13)4-2-3-6(5-9)7(10)11;1-2-6-4-3-5-1/h1-9H;2-4H,5H2,1H3,(H,10,11)(H,12,13);5-6H,1-4H2/t;9-;/m.1./s1. The van der Waals surface area contributed by atoms with Crippen LogP contribution in [0.25, 0.3) is 0 Å². The minimum Gasteiger partial charge on any atom is -0.481 e. The third-order valence-electron chi connectivity index (χ3n) is 5.42. The summed E-state index contributed by atoms with van der Waals surface area (Å²) in [5.41, 5.74) is 0.0489. The van der Waals surface area contributed by atoms with Crippen molar-refractivity contribution in [2.24, 2.45) is 5.41 Å². The molecule has 0 spiro atoms.